The Hall–Kier alpha value is -1.96. The molecule has 2 rings (SSSR count). The molecule has 0 aliphatic carbocycles. The van der Waals surface area contributed by atoms with Crippen LogP contribution in [0.25, 0.3) is 0 Å². The lowest BCUT2D eigenvalue weighted by molar-refractivity contribution is 0.102. The highest BCUT2D eigenvalue weighted by Crippen LogP contribution is 2.17. The minimum atomic E-state index is -0.354. The molecule has 0 fully saturated rings. The highest BCUT2D eigenvalue weighted by atomic mass is 32.1. The summed E-state index contributed by atoms with van der Waals surface area (Å²) in [6.45, 7) is 4.63. The van der Waals surface area contributed by atoms with E-state index in [0.717, 1.165) is 13.0 Å². The molecule has 0 bridgehead atoms. The Morgan fingerprint density at radius 2 is 2.33 bits per heavy atom. The summed E-state index contributed by atoms with van der Waals surface area (Å²) in [6.07, 6.45) is 0.985. The van der Waals surface area contributed by atoms with Gasteiger partial charge in [-0.15, -0.1) is 10.2 Å². The third-order valence-corrected chi connectivity index (χ3v) is 2.89. The van der Waals surface area contributed by atoms with Crippen molar-refractivity contribution in [2.24, 2.45) is 0 Å². The van der Waals surface area contributed by atoms with Crippen LogP contribution in [-0.2, 0) is 0 Å². The number of carbonyl (C=O) groups excluding carboxylic acids is 1. The smallest absolute Gasteiger partial charge is 0.289 e. The first kappa shape index (κ1) is 12.5. The lowest BCUT2D eigenvalue weighted by Gasteiger charge is -1.96. The Kier molecular flexibility index (Phi) is 3.88. The van der Waals surface area contributed by atoms with Crippen LogP contribution >= 0.6 is 11.3 Å². The number of hydrogen-bond donors (Lipinski definition) is 2. The number of carbonyl (C=O) groups is 1. The van der Waals surface area contributed by atoms with Gasteiger partial charge in [0.05, 0.1) is 5.69 Å². The van der Waals surface area contributed by atoms with E-state index in [9.17, 15) is 4.79 Å². The van der Waals surface area contributed by atoms with Crippen molar-refractivity contribution in [3.8, 4) is 0 Å². The van der Waals surface area contributed by atoms with E-state index in [0.29, 0.717) is 16.7 Å². The second-order valence-corrected chi connectivity index (χ2v) is 4.60. The van der Waals surface area contributed by atoms with Gasteiger partial charge in [-0.2, -0.15) is 0 Å². The van der Waals surface area contributed by atoms with E-state index in [1.807, 2.05) is 6.92 Å². The molecule has 0 atom stereocenters. The molecular weight excluding hydrogens is 254 g/mol. The highest BCUT2D eigenvalue weighted by Gasteiger charge is 2.14. The quantitative estimate of drug-likeness (QED) is 0.859. The molecule has 0 radical (unpaired) electrons. The van der Waals surface area contributed by atoms with E-state index >= 15 is 0 Å². The Balaban J connectivity index is 1.98. The van der Waals surface area contributed by atoms with Crippen LogP contribution in [0.2, 0.25) is 0 Å². The average Bonchev–Trinajstić information content (AvgIpc) is 2.96. The third-order valence-electron chi connectivity index (χ3n) is 2.01. The first-order chi connectivity index (χ1) is 8.69. The molecule has 18 heavy (non-hydrogen) atoms. The van der Waals surface area contributed by atoms with E-state index < -0.39 is 0 Å². The molecule has 2 heterocycles. The number of amides is 1. The predicted molar refractivity (Wildman–Crippen MR) is 67.9 cm³/mol. The maximum atomic E-state index is 11.8. The number of aryl methyl sites for hydroxylation is 1. The molecule has 0 aliphatic heterocycles. The molecule has 2 N–H and O–H groups in total. The Morgan fingerprint density at radius 3 is 3.00 bits per heavy atom. The zero-order chi connectivity index (χ0) is 13.0. The van der Waals surface area contributed by atoms with Gasteiger partial charge in [-0.25, -0.2) is 0 Å². The van der Waals surface area contributed by atoms with Gasteiger partial charge in [0.25, 0.3) is 5.91 Å². The zero-order valence-electron chi connectivity index (χ0n) is 10.1. The lowest BCUT2D eigenvalue weighted by atomic mass is 10.5. The van der Waals surface area contributed by atoms with Crippen LogP contribution in [-0.4, -0.2) is 27.8 Å². The molecule has 0 unspecified atom stereocenters. The zero-order valence-corrected chi connectivity index (χ0v) is 10.9. The fourth-order valence-electron chi connectivity index (χ4n) is 1.21. The van der Waals surface area contributed by atoms with Crippen molar-refractivity contribution in [3.63, 3.8) is 0 Å². The number of hydrogen-bond acceptors (Lipinski definition) is 7. The van der Waals surface area contributed by atoms with E-state index in [2.05, 4.69) is 26.0 Å². The van der Waals surface area contributed by atoms with Crippen molar-refractivity contribution in [2.45, 2.75) is 20.3 Å². The van der Waals surface area contributed by atoms with Crippen LogP contribution in [0, 0.1) is 6.92 Å². The second kappa shape index (κ2) is 5.58. The van der Waals surface area contributed by atoms with Gasteiger partial charge in [0, 0.05) is 12.6 Å². The molecular formula is C10H13N5O2S. The molecule has 0 aliphatic rings. The van der Waals surface area contributed by atoms with Crippen molar-refractivity contribution in [1.82, 2.24) is 15.4 Å². The molecule has 8 heteroatoms. The fourth-order valence-corrected chi connectivity index (χ4v) is 1.87. The minimum Gasteiger partial charge on any atom is -0.360 e. The van der Waals surface area contributed by atoms with Gasteiger partial charge in [0.2, 0.25) is 16.0 Å². The summed E-state index contributed by atoms with van der Waals surface area (Å²) in [5.74, 6) is -0.0519. The molecule has 0 spiro atoms. The molecule has 0 aromatic carbocycles. The third kappa shape index (κ3) is 3.04. The standard InChI is InChI=1S/C10H13N5O2S/c1-3-4-11-10-14-13-9(18-10)8(16)12-7-5-6(2)15-17-7/h5H,3-4H2,1-2H3,(H,11,14)(H,12,16). The van der Waals surface area contributed by atoms with Crippen LogP contribution in [0.1, 0.15) is 28.8 Å². The number of rotatable bonds is 5. The summed E-state index contributed by atoms with van der Waals surface area (Å²) in [4.78, 5) is 11.8. The summed E-state index contributed by atoms with van der Waals surface area (Å²) in [6, 6.07) is 1.63. The normalized spacial score (nSPS) is 10.3. The summed E-state index contributed by atoms with van der Waals surface area (Å²) in [5, 5.41) is 17.9. The Morgan fingerprint density at radius 1 is 1.50 bits per heavy atom. The van der Waals surface area contributed by atoms with E-state index in [1.165, 1.54) is 11.3 Å². The van der Waals surface area contributed by atoms with Crippen molar-refractivity contribution in [2.75, 3.05) is 17.2 Å². The number of nitrogens with one attached hydrogen (secondary N) is 2. The van der Waals surface area contributed by atoms with Gasteiger partial charge in [-0.1, -0.05) is 23.4 Å². The van der Waals surface area contributed by atoms with Gasteiger partial charge in [-0.3, -0.25) is 10.1 Å². The summed E-state index contributed by atoms with van der Waals surface area (Å²) < 4.78 is 4.89. The molecule has 7 nitrogen and oxygen atoms in total. The SMILES string of the molecule is CCCNc1nnc(C(=O)Nc2cc(C)no2)s1. The van der Waals surface area contributed by atoms with Crippen molar-refractivity contribution >= 4 is 28.3 Å². The van der Waals surface area contributed by atoms with Crippen LogP contribution in [0.15, 0.2) is 10.6 Å². The maximum Gasteiger partial charge on any atom is 0.289 e. The predicted octanol–water partition coefficient (Wildman–Crippen LogP) is 1.91. The first-order valence-corrected chi connectivity index (χ1v) is 6.32. The topological polar surface area (TPSA) is 92.9 Å². The molecule has 2 aromatic rings. The van der Waals surface area contributed by atoms with Crippen LogP contribution < -0.4 is 10.6 Å². The molecule has 0 saturated carbocycles. The van der Waals surface area contributed by atoms with Gasteiger partial charge >= 0.3 is 0 Å². The summed E-state index contributed by atoms with van der Waals surface area (Å²) in [5.41, 5.74) is 0.702. The highest BCUT2D eigenvalue weighted by molar-refractivity contribution is 7.17. The van der Waals surface area contributed by atoms with Gasteiger partial charge in [0.15, 0.2) is 0 Å². The van der Waals surface area contributed by atoms with Crippen molar-refractivity contribution in [1.29, 1.82) is 0 Å². The summed E-state index contributed by atoms with van der Waals surface area (Å²) >= 11 is 1.20. The van der Waals surface area contributed by atoms with Gasteiger partial charge in [0.1, 0.15) is 0 Å². The summed E-state index contributed by atoms with van der Waals surface area (Å²) in [7, 11) is 0. The first-order valence-electron chi connectivity index (χ1n) is 5.51. The van der Waals surface area contributed by atoms with Crippen LogP contribution in [0.5, 0.6) is 0 Å². The van der Waals surface area contributed by atoms with E-state index in [-0.39, 0.29) is 10.9 Å². The monoisotopic (exact) mass is 267 g/mol. The van der Waals surface area contributed by atoms with Crippen molar-refractivity contribution in [3.05, 3.63) is 16.8 Å². The molecule has 1 amide bonds. The van der Waals surface area contributed by atoms with Crippen LogP contribution in [0.4, 0.5) is 11.0 Å². The van der Waals surface area contributed by atoms with Gasteiger partial charge < -0.3 is 9.84 Å². The Bertz CT molecular complexity index is 536. The van der Waals surface area contributed by atoms with E-state index in [1.54, 1.807) is 13.0 Å². The second-order valence-electron chi connectivity index (χ2n) is 3.63. The average molecular weight is 267 g/mol. The van der Waals surface area contributed by atoms with Crippen LogP contribution in [0.3, 0.4) is 0 Å². The number of anilines is 2. The lowest BCUT2D eigenvalue weighted by Crippen LogP contribution is -2.10. The number of nitrogens with zero attached hydrogens (tertiary/aromatic N) is 3. The van der Waals surface area contributed by atoms with Crippen molar-refractivity contribution < 1.29 is 9.32 Å². The minimum absolute atomic E-state index is 0.280. The Labute approximate surface area is 108 Å². The van der Waals surface area contributed by atoms with E-state index in [4.69, 9.17) is 4.52 Å². The van der Waals surface area contributed by atoms with Gasteiger partial charge in [-0.05, 0) is 13.3 Å². The maximum absolute atomic E-state index is 11.8. The fraction of sp³-hybridized carbons (Fsp3) is 0.400. The number of aromatic nitrogens is 3. The molecule has 96 valence electrons. The molecule has 0 saturated heterocycles. The molecule has 2 aromatic heterocycles. The largest absolute Gasteiger partial charge is 0.360 e.